The van der Waals surface area contributed by atoms with E-state index in [4.69, 9.17) is 0 Å². The molecule has 0 atom stereocenters. The predicted octanol–water partition coefficient (Wildman–Crippen LogP) is 4.81. The molecule has 0 aliphatic heterocycles. The van der Waals surface area contributed by atoms with E-state index in [-0.39, 0.29) is 22.8 Å². The molecular formula is C25H24FN3O3S2. The topological polar surface area (TPSA) is 71.7 Å². The summed E-state index contributed by atoms with van der Waals surface area (Å²) in [5, 5.41) is 0. The van der Waals surface area contributed by atoms with Gasteiger partial charge in [0.25, 0.3) is 5.91 Å². The van der Waals surface area contributed by atoms with E-state index in [9.17, 15) is 17.6 Å². The first kappa shape index (κ1) is 24.0. The second-order valence-electron chi connectivity index (χ2n) is 7.81. The minimum absolute atomic E-state index is 0.0902. The lowest BCUT2D eigenvalue weighted by Crippen LogP contribution is -2.26. The third kappa shape index (κ3) is 4.86. The van der Waals surface area contributed by atoms with Crippen molar-refractivity contribution in [3.05, 3.63) is 94.5 Å². The number of rotatable bonds is 7. The molecule has 1 amide bonds. The fraction of sp³-hybridized carbons (Fsp3) is 0.200. The number of aryl methyl sites for hydroxylation is 1. The van der Waals surface area contributed by atoms with E-state index in [1.165, 1.54) is 53.0 Å². The highest BCUT2D eigenvalue weighted by molar-refractivity contribution is 7.89. The Morgan fingerprint density at radius 2 is 1.74 bits per heavy atom. The zero-order valence-electron chi connectivity index (χ0n) is 18.8. The number of carbonyl (C=O) groups excluding carboxylic acids is 1. The average molecular weight is 498 g/mol. The van der Waals surface area contributed by atoms with Gasteiger partial charge in [0.1, 0.15) is 5.82 Å². The van der Waals surface area contributed by atoms with E-state index < -0.39 is 15.9 Å². The molecule has 4 aromatic rings. The second-order valence-corrected chi connectivity index (χ2v) is 10.9. The molecule has 0 fully saturated rings. The van der Waals surface area contributed by atoms with E-state index in [1.807, 2.05) is 37.3 Å². The number of thiazole rings is 1. The van der Waals surface area contributed by atoms with Crippen LogP contribution in [-0.4, -0.2) is 30.2 Å². The van der Waals surface area contributed by atoms with Crippen molar-refractivity contribution in [2.45, 2.75) is 31.3 Å². The molecule has 4 rings (SSSR count). The smallest absolute Gasteiger partial charge is 0.279 e. The number of hydrogen-bond acceptors (Lipinski definition) is 4. The van der Waals surface area contributed by atoms with Crippen LogP contribution in [0.4, 0.5) is 4.39 Å². The Bertz CT molecular complexity index is 1490. The van der Waals surface area contributed by atoms with Gasteiger partial charge in [-0.3, -0.25) is 4.79 Å². The molecule has 9 heteroatoms. The van der Waals surface area contributed by atoms with Gasteiger partial charge in [-0.15, -0.1) is 0 Å². The highest BCUT2D eigenvalue weighted by atomic mass is 32.2. The number of aromatic nitrogens is 1. The summed E-state index contributed by atoms with van der Waals surface area (Å²) in [5.41, 5.74) is 1.56. The highest BCUT2D eigenvalue weighted by Crippen LogP contribution is 2.21. The summed E-state index contributed by atoms with van der Waals surface area (Å²) in [5.74, 6) is -0.872. The predicted molar refractivity (Wildman–Crippen MR) is 131 cm³/mol. The molecule has 34 heavy (non-hydrogen) atoms. The summed E-state index contributed by atoms with van der Waals surface area (Å²) < 4.78 is 44.0. The molecule has 0 unspecified atom stereocenters. The molecule has 0 aliphatic rings. The van der Waals surface area contributed by atoms with Gasteiger partial charge >= 0.3 is 0 Å². The van der Waals surface area contributed by atoms with Gasteiger partial charge in [-0.05, 0) is 48.4 Å². The van der Waals surface area contributed by atoms with Crippen molar-refractivity contribution in [2.75, 3.05) is 7.05 Å². The van der Waals surface area contributed by atoms with Gasteiger partial charge < -0.3 is 4.57 Å². The quantitative estimate of drug-likeness (QED) is 0.368. The second kappa shape index (κ2) is 10.0. The van der Waals surface area contributed by atoms with Gasteiger partial charge in [-0.1, -0.05) is 54.7 Å². The summed E-state index contributed by atoms with van der Waals surface area (Å²) in [7, 11) is -2.21. The van der Waals surface area contributed by atoms with Crippen LogP contribution in [0.2, 0.25) is 0 Å². The number of sulfonamides is 1. The van der Waals surface area contributed by atoms with Crippen LogP contribution in [0, 0.1) is 5.82 Å². The maximum Gasteiger partial charge on any atom is 0.279 e. The minimum Gasteiger partial charge on any atom is -0.314 e. The van der Waals surface area contributed by atoms with E-state index >= 15 is 0 Å². The third-order valence-electron chi connectivity index (χ3n) is 5.35. The molecule has 1 heterocycles. The first-order valence-electron chi connectivity index (χ1n) is 10.8. The molecule has 3 aromatic carbocycles. The van der Waals surface area contributed by atoms with E-state index in [0.29, 0.717) is 21.6 Å². The number of hydrogen-bond donors (Lipinski definition) is 0. The number of benzene rings is 3. The molecule has 0 radical (unpaired) electrons. The molecule has 0 saturated carbocycles. The Balaban J connectivity index is 1.61. The van der Waals surface area contributed by atoms with Crippen LogP contribution in [0.3, 0.4) is 0 Å². The minimum atomic E-state index is -3.73. The SMILES string of the molecule is CCCn1c(=NC(=O)c2ccc(S(=O)(=O)N(C)Cc3ccccc3)cc2)sc2cccc(F)c21. The third-order valence-corrected chi connectivity index (χ3v) is 8.21. The normalized spacial score (nSPS) is 12.5. The van der Waals surface area contributed by atoms with Crippen molar-refractivity contribution in [1.29, 1.82) is 0 Å². The average Bonchev–Trinajstić information content (AvgIpc) is 3.18. The Labute approximate surface area is 201 Å². The van der Waals surface area contributed by atoms with Gasteiger partial charge in [-0.2, -0.15) is 9.30 Å². The Kier molecular flexibility index (Phi) is 7.06. The van der Waals surface area contributed by atoms with Gasteiger partial charge in [0.15, 0.2) is 4.80 Å². The van der Waals surface area contributed by atoms with E-state index in [0.717, 1.165) is 12.0 Å². The first-order valence-corrected chi connectivity index (χ1v) is 13.0. The lowest BCUT2D eigenvalue weighted by Gasteiger charge is -2.17. The molecule has 0 N–H and O–H groups in total. The fourth-order valence-electron chi connectivity index (χ4n) is 3.63. The van der Waals surface area contributed by atoms with Gasteiger partial charge in [0.2, 0.25) is 10.0 Å². The Morgan fingerprint density at radius 1 is 1.03 bits per heavy atom. The largest absolute Gasteiger partial charge is 0.314 e. The van der Waals surface area contributed by atoms with Crippen LogP contribution in [0.1, 0.15) is 29.3 Å². The zero-order valence-corrected chi connectivity index (χ0v) is 20.4. The number of halogens is 1. The van der Waals surface area contributed by atoms with Crippen molar-refractivity contribution < 1.29 is 17.6 Å². The maximum absolute atomic E-state index is 14.4. The number of carbonyl (C=O) groups is 1. The summed E-state index contributed by atoms with van der Waals surface area (Å²) in [6.07, 6.45) is 0.755. The molecule has 0 saturated heterocycles. The number of nitrogens with zero attached hydrogens (tertiary/aromatic N) is 3. The van der Waals surface area contributed by atoms with E-state index in [2.05, 4.69) is 4.99 Å². The molecular weight excluding hydrogens is 473 g/mol. The number of para-hydroxylation sites is 1. The zero-order chi connectivity index (χ0) is 24.3. The van der Waals surface area contributed by atoms with Crippen LogP contribution >= 0.6 is 11.3 Å². The summed E-state index contributed by atoms with van der Waals surface area (Å²) >= 11 is 1.25. The van der Waals surface area contributed by atoms with Crippen molar-refractivity contribution in [3.8, 4) is 0 Å². The number of fused-ring (bicyclic) bond motifs is 1. The summed E-state index contributed by atoms with van der Waals surface area (Å²) in [4.78, 5) is 17.6. The number of amides is 1. The van der Waals surface area contributed by atoms with Crippen molar-refractivity contribution >= 4 is 37.5 Å². The molecule has 0 bridgehead atoms. The summed E-state index contributed by atoms with van der Waals surface area (Å²) in [6.45, 7) is 2.73. The summed E-state index contributed by atoms with van der Waals surface area (Å²) in [6, 6.07) is 19.8. The highest BCUT2D eigenvalue weighted by Gasteiger charge is 2.21. The van der Waals surface area contributed by atoms with Crippen LogP contribution < -0.4 is 4.80 Å². The van der Waals surface area contributed by atoms with Crippen molar-refractivity contribution in [3.63, 3.8) is 0 Å². The lowest BCUT2D eigenvalue weighted by atomic mass is 10.2. The Morgan fingerprint density at radius 3 is 2.41 bits per heavy atom. The van der Waals surface area contributed by atoms with Gasteiger partial charge in [0.05, 0.1) is 15.1 Å². The molecule has 6 nitrogen and oxygen atoms in total. The Hall–Kier alpha value is -3.14. The standard InChI is InChI=1S/C25H24FN3O3S2/c1-3-16-29-23-21(26)10-7-11-22(23)33-25(29)27-24(30)19-12-14-20(15-13-19)34(31,32)28(2)17-18-8-5-4-6-9-18/h4-15H,3,16-17H2,1-2H3. The van der Waals surface area contributed by atoms with Gasteiger partial charge in [0, 0.05) is 25.7 Å². The first-order chi connectivity index (χ1) is 16.3. The monoisotopic (exact) mass is 497 g/mol. The van der Waals surface area contributed by atoms with Gasteiger partial charge in [-0.25, -0.2) is 12.8 Å². The maximum atomic E-state index is 14.4. The van der Waals surface area contributed by atoms with Crippen LogP contribution in [0.5, 0.6) is 0 Å². The van der Waals surface area contributed by atoms with Crippen LogP contribution in [0.15, 0.2) is 82.7 Å². The van der Waals surface area contributed by atoms with Crippen LogP contribution in [-0.2, 0) is 23.1 Å². The fourth-order valence-corrected chi connectivity index (χ4v) is 5.86. The molecule has 0 spiro atoms. The molecule has 0 aliphatic carbocycles. The van der Waals surface area contributed by atoms with E-state index in [1.54, 1.807) is 16.7 Å². The van der Waals surface area contributed by atoms with Crippen molar-refractivity contribution in [1.82, 2.24) is 8.87 Å². The molecule has 176 valence electrons. The molecule has 1 aromatic heterocycles. The van der Waals surface area contributed by atoms with Crippen molar-refractivity contribution in [2.24, 2.45) is 4.99 Å². The van der Waals surface area contributed by atoms with Crippen LogP contribution in [0.25, 0.3) is 10.2 Å². The lowest BCUT2D eigenvalue weighted by molar-refractivity contribution is 0.0997.